The Labute approximate surface area is 160 Å². The van der Waals surface area contributed by atoms with E-state index >= 15 is 0 Å². The molecule has 0 unspecified atom stereocenters. The van der Waals surface area contributed by atoms with Gasteiger partial charge < -0.3 is 5.32 Å². The van der Waals surface area contributed by atoms with Crippen LogP contribution in [-0.4, -0.2) is 5.91 Å². The van der Waals surface area contributed by atoms with Gasteiger partial charge in [-0.25, -0.2) is 0 Å². The maximum Gasteiger partial charge on any atom is 0.416 e. The molecule has 0 radical (unpaired) electrons. The van der Waals surface area contributed by atoms with E-state index in [2.05, 4.69) is 5.32 Å². The van der Waals surface area contributed by atoms with E-state index in [1.165, 1.54) is 0 Å². The van der Waals surface area contributed by atoms with Crippen molar-refractivity contribution in [2.45, 2.75) is 38.5 Å². The third-order valence-electron chi connectivity index (χ3n) is 3.79. The summed E-state index contributed by atoms with van der Waals surface area (Å²) in [7, 11) is 0. The molecule has 150 valence electrons. The number of thiophene rings is 1. The van der Waals surface area contributed by atoms with Crippen molar-refractivity contribution in [3.63, 3.8) is 0 Å². The van der Waals surface area contributed by atoms with Crippen LogP contribution in [0.1, 0.15) is 53.4 Å². The second-order valence-electron chi connectivity index (χ2n) is 6.96. The molecule has 0 spiro atoms. The number of anilines is 1. The van der Waals surface area contributed by atoms with E-state index in [-0.39, 0.29) is 16.6 Å². The van der Waals surface area contributed by atoms with Crippen molar-refractivity contribution >= 4 is 22.2 Å². The molecule has 1 aromatic heterocycles. The summed E-state index contributed by atoms with van der Waals surface area (Å²) >= 11 is 0.971. The first kappa shape index (κ1) is 21.8. The fraction of sp³-hybridized carbons (Fsp3) is 0.333. The molecule has 0 aliphatic heterocycles. The van der Waals surface area contributed by atoms with Gasteiger partial charge in [0.1, 0.15) is 11.1 Å². The number of hydrogen-bond donors (Lipinski definition) is 1. The number of benzene rings is 1. The van der Waals surface area contributed by atoms with Crippen molar-refractivity contribution in [3.05, 3.63) is 51.4 Å². The first-order chi connectivity index (χ1) is 12.6. The van der Waals surface area contributed by atoms with Gasteiger partial charge in [-0.2, -0.15) is 31.6 Å². The molecule has 2 aromatic rings. The van der Waals surface area contributed by atoms with Gasteiger partial charge in [0.05, 0.1) is 16.7 Å². The van der Waals surface area contributed by atoms with Crippen LogP contribution in [0.5, 0.6) is 0 Å². The topological polar surface area (TPSA) is 52.9 Å². The molecule has 0 saturated carbocycles. The molecule has 28 heavy (non-hydrogen) atoms. The molecule has 0 saturated heterocycles. The van der Waals surface area contributed by atoms with Gasteiger partial charge in [-0.05, 0) is 34.6 Å². The fourth-order valence-corrected chi connectivity index (χ4v) is 3.51. The lowest BCUT2D eigenvalue weighted by molar-refractivity contribution is -0.143. The molecule has 0 bridgehead atoms. The summed E-state index contributed by atoms with van der Waals surface area (Å²) in [6.45, 7) is 5.47. The standard InChI is InChI=1S/C18H14F6N2OS/c1-16(2,3)13-8-28-15(12(13)7-25)26-14(27)9-4-10(17(19,20)21)6-11(5-9)18(22,23)24/h4-6,8H,1-3H3,(H,26,27). The van der Waals surface area contributed by atoms with E-state index < -0.39 is 40.4 Å². The molecular weight excluding hydrogens is 406 g/mol. The Balaban J connectivity index is 2.48. The van der Waals surface area contributed by atoms with Gasteiger partial charge in [-0.3, -0.25) is 4.79 Å². The van der Waals surface area contributed by atoms with Gasteiger partial charge in [0.25, 0.3) is 5.91 Å². The minimum Gasteiger partial charge on any atom is -0.312 e. The largest absolute Gasteiger partial charge is 0.416 e. The minimum absolute atomic E-state index is 0.0552. The quantitative estimate of drug-likeness (QED) is 0.588. The number of nitrogens with one attached hydrogen (secondary N) is 1. The highest BCUT2D eigenvalue weighted by molar-refractivity contribution is 7.14. The Kier molecular flexibility index (Phi) is 5.54. The number of carbonyl (C=O) groups is 1. The molecular formula is C18H14F6N2OS. The fourth-order valence-electron chi connectivity index (χ4n) is 2.37. The minimum atomic E-state index is -5.06. The molecule has 0 fully saturated rings. The summed E-state index contributed by atoms with van der Waals surface area (Å²) in [4.78, 5) is 12.4. The third-order valence-corrected chi connectivity index (χ3v) is 4.68. The number of carbonyl (C=O) groups excluding carboxylic acids is 1. The first-order valence-corrected chi connectivity index (χ1v) is 8.65. The Bertz CT molecular complexity index is 913. The van der Waals surface area contributed by atoms with E-state index in [1.807, 2.05) is 26.8 Å². The molecule has 1 N–H and O–H groups in total. The van der Waals surface area contributed by atoms with Crippen LogP contribution >= 0.6 is 11.3 Å². The Hall–Kier alpha value is -2.54. The van der Waals surface area contributed by atoms with Crippen molar-refractivity contribution in [1.29, 1.82) is 5.26 Å². The zero-order valence-corrected chi connectivity index (χ0v) is 15.7. The predicted molar refractivity (Wildman–Crippen MR) is 92.1 cm³/mol. The van der Waals surface area contributed by atoms with Crippen LogP contribution in [0.3, 0.4) is 0 Å². The summed E-state index contributed by atoms with van der Waals surface area (Å²) in [6.07, 6.45) is -10.1. The van der Waals surface area contributed by atoms with Crippen LogP contribution in [-0.2, 0) is 17.8 Å². The smallest absolute Gasteiger partial charge is 0.312 e. The SMILES string of the molecule is CC(C)(C)c1csc(NC(=O)c2cc(C(F)(F)F)cc(C(F)(F)F)c2)c1C#N. The monoisotopic (exact) mass is 420 g/mol. The van der Waals surface area contributed by atoms with Crippen LogP contribution < -0.4 is 5.32 Å². The van der Waals surface area contributed by atoms with Crippen molar-refractivity contribution in [2.24, 2.45) is 0 Å². The number of nitrogens with zero attached hydrogens (tertiary/aromatic N) is 1. The lowest BCUT2D eigenvalue weighted by Gasteiger charge is -2.17. The molecule has 2 rings (SSSR count). The van der Waals surface area contributed by atoms with Crippen LogP contribution in [0.25, 0.3) is 0 Å². The number of amides is 1. The number of alkyl halides is 6. The van der Waals surface area contributed by atoms with E-state index in [0.29, 0.717) is 17.7 Å². The van der Waals surface area contributed by atoms with E-state index in [0.717, 1.165) is 11.3 Å². The summed E-state index contributed by atoms with van der Waals surface area (Å²) in [5.41, 5.74) is -3.70. The summed E-state index contributed by atoms with van der Waals surface area (Å²) in [5, 5.41) is 13.3. The number of rotatable bonds is 2. The molecule has 10 heteroatoms. The summed E-state index contributed by atoms with van der Waals surface area (Å²) in [5.74, 6) is -1.17. The van der Waals surface area contributed by atoms with E-state index in [4.69, 9.17) is 0 Å². The van der Waals surface area contributed by atoms with E-state index in [1.54, 1.807) is 5.38 Å². The molecule has 1 heterocycles. The second-order valence-corrected chi connectivity index (χ2v) is 7.84. The highest BCUT2D eigenvalue weighted by atomic mass is 32.1. The third kappa shape index (κ3) is 4.65. The Morgan fingerprint density at radius 2 is 1.50 bits per heavy atom. The predicted octanol–water partition coefficient (Wildman–Crippen LogP) is 6.21. The molecule has 0 aliphatic rings. The Morgan fingerprint density at radius 3 is 1.89 bits per heavy atom. The molecule has 1 amide bonds. The summed E-state index contributed by atoms with van der Waals surface area (Å²) < 4.78 is 77.6. The van der Waals surface area contributed by atoms with Gasteiger partial charge >= 0.3 is 12.4 Å². The van der Waals surface area contributed by atoms with Gasteiger partial charge in [0.2, 0.25) is 0 Å². The van der Waals surface area contributed by atoms with Crippen molar-refractivity contribution < 1.29 is 31.1 Å². The number of halogens is 6. The average molecular weight is 420 g/mol. The maximum atomic E-state index is 12.9. The van der Waals surface area contributed by atoms with Crippen LogP contribution in [0.2, 0.25) is 0 Å². The van der Waals surface area contributed by atoms with Crippen molar-refractivity contribution in [1.82, 2.24) is 0 Å². The maximum absolute atomic E-state index is 12.9. The van der Waals surface area contributed by atoms with Crippen molar-refractivity contribution in [2.75, 3.05) is 5.32 Å². The van der Waals surface area contributed by atoms with Crippen molar-refractivity contribution in [3.8, 4) is 6.07 Å². The van der Waals surface area contributed by atoms with Crippen LogP contribution in [0, 0.1) is 11.3 Å². The normalized spacial score (nSPS) is 12.6. The van der Waals surface area contributed by atoms with Crippen LogP contribution in [0.4, 0.5) is 31.3 Å². The number of nitriles is 1. The highest BCUT2D eigenvalue weighted by Gasteiger charge is 2.37. The molecule has 0 atom stereocenters. The average Bonchev–Trinajstić information content (AvgIpc) is 2.95. The second kappa shape index (κ2) is 7.13. The lowest BCUT2D eigenvalue weighted by Crippen LogP contribution is -2.17. The molecule has 1 aromatic carbocycles. The van der Waals surface area contributed by atoms with Gasteiger partial charge in [-0.15, -0.1) is 11.3 Å². The zero-order chi connectivity index (χ0) is 21.5. The van der Waals surface area contributed by atoms with Gasteiger partial charge in [0.15, 0.2) is 0 Å². The van der Waals surface area contributed by atoms with E-state index in [9.17, 15) is 36.4 Å². The Morgan fingerprint density at radius 1 is 1.00 bits per heavy atom. The molecule has 3 nitrogen and oxygen atoms in total. The van der Waals surface area contributed by atoms with Gasteiger partial charge in [0, 0.05) is 5.56 Å². The summed E-state index contributed by atoms with van der Waals surface area (Å²) in [6, 6.07) is 2.54. The lowest BCUT2D eigenvalue weighted by atomic mass is 9.86. The zero-order valence-electron chi connectivity index (χ0n) is 14.8. The molecule has 0 aliphatic carbocycles. The van der Waals surface area contributed by atoms with Gasteiger partial charge in [-0.1, -0.05) is 20.8 Å². The number of hydrogen-bond acceptors (Lipinski definition) is 3. The highest BCUT2D eigenvalue weighted by Crippen LogP contribution is 2.38. The first-order valence-electron chi connectivity index (χ1n) is 7.77. The van der Waals surface area contributed by atoms with Crippen LogP contribution in [0.15, 0.2) is 23.6 Å².